The van der Waals surface area contributed by atoms with Gasteiger partial charge in [0.25, 0.3) is 0 Å². The van der Waals surface area contributed by atoms with Gasteiger partial charge in [-0.15, -0.1) is 0 Å². The van der Waals surface area contributed by atoms with Crippen LogP contribution in [-0.4, -0.2) is 0 Å². The third kappa shape index (κ3) is 3.45. The third-order valence-electron chi connectivity index (χ3n) is 3.46. The van der Waals surface area contributed by atoms with Crippen LogP contribution in [0.1, 0.15) is 23.1 Å². The van der Waals surface area contributed by atoms with Crippen LogP contribution in [0.3, 0.4) is 0 Å². The zero-order chi connectivity index (χ0) is 13.7. The van der Waals surface area contributed by atoms with Gasteiger partial charge in [-0.3, -0.25) is 0 Å². The van der Waals surface area contributed by atoms with Crippen LogP contribution >= 0.6 is 0 Å². The van der Waals surface area contributed by atoms with Crippen molar-refractivity contribution in [3.05, 3.63) is 90.0 Å². The summed E-state index contributed by atoms with van der Waals surface area (Å²) in [7, 11) is 0. The molecule has 0 aliphatic heterocycles. The molecule has 19 heavy (non-hydrogen) atoms. The molecule has 0 atom stereocenters. The van der Waals surface area contributed by atoms with Crippen molar-refractivity contribution >= 4 is 5.57 Å². The quantitative estimate of drug-likeness (QED) is 0.638. The van der Waals surface area contributed by atoms with E-state index in [1.807, 2.05) is 6.07 Å². The fraction of sp³-hybridized carbons (Fsp3) is 0.158. The van der Waals surface area contributed by atoms with Gasteiger partial charge in [0.1, 0.15) is 0 Å². The number of allylic oxidation sites excluding steroid dienone is 2. The lowest BCUT2D eigenvalue weighted by molar-refractivity contribution is 0.973. The Balaban J connectivity index is 2.01. The minimum atomic E-state index is 0.956. The lowest BCUT2D eigenvalue weighted by atomic mass is 9.93. The molecule has 0 fully saturated rings. The van der Waals surface area contributed by atoms with E-state index >= 15 is 0 Å². The van der Waals surface area contributed by atoms with Crippen LogP contribution < -0.4 is 0 Å². The van der Waals surface area contributed by atoms with Crippen molar-refractivity contribution in [3.63, 3.8) is 0 Å². The molecule has 0 spiro atoms. The SMILES string of the molecule is C=C(CCc1ccccc1)C(=C)c1ccccc1C. The van der Waals surface area contributed by atoms with Crippen LogP contribution in [0.15, 0.2) is 73.3 Å². The van der Waals surface area contributed by atoms with Crippen LogP contribution in [0, 0.1) is 6.92 Å². The van der Waals surface area contributed by atoms with Gasteiger partial charge in [-0.1, -0.05) is 67.8 Å². The van der Waals surface area contributed by atoms with Crippen molar-refractivity contribution in [3.8, 4) is 0 Å². The second-order valence-electron chi connectivity index (χ2n) is 4.88. The van der Waals surface area contributed by atoms with Crippen LogP contribution in [0.4, 0.5) is 0 Å². The van der Waals surface area contributed by atoms with E-state index in [2.05, 4.69) is 68.6 Å². The second kappa shape index (κ2) is 6.19. The first-order valence-electron chi connectivity index (χ1n) is 6.65. The van der Waals surface area contributed by atoms with Crippen molar-refractivity contribution < 1.29 is 0 Å². The summed E-state index contributed by atoms with van der Waals surface area (Å²) in [5.41, 5.74) is 6.00. The monoisotopic (exact) mass is 248 g/mol. The van der Waals surface area contributed by atoms with Crippen molar-refractivity contribution in [2.75, 3.05) is 0 Å². The summed E-state index contributed by atoms with van der Waals surface area (Å²) in [5.74, 6) is 0. The zero-order valence-electron chi connectivity index (χ0n) is 11.5. The second-order valence-corrected chi connectivity index (χ2v) is 4.88. The molecule has 0 aliphatic rings. The molecule has 0 bridgehead atoms. The van der Waals surface area contributed by atoms with Crippen molar-refractivity contribution in [2.24, 2.45) is 0 Å². The fourth-order valence-corrected chi connectivity index (χ4v) is 2.19. The summed E-state index contributed by atoms with van der Waals surface area (Å²) in [6, 6.07) is 18.9. The molecule has 0 heterocycles. The predicted octanol–water partition coefficient (Wildman–Crippen LogP) is 5.20. The molecule has 0 heteroatoms. The third-order valence-corrected chi connectivity index (χ3v) is 3.46. The average molecular weight is 248 g/mol. The van der Waals surface area contributed by atoms with E-state index in [4.69, 9.17) is 0 Å². The van der Waals surface area contributed by atoms with Crippen molar-refractivity contribution in [1.82, 2.24) is 0 Å². The van der Waals surface area contributed by atoms with Crippen LogP contribution in [0.25, 0.3) is 5.57 Å². The van der Waals surface area contributed by atoms with Gasteiger partial charge in [0.15, 0.2) is 0 Å². The lowest BCUT2D eigenvalue weighted by Crippen LogP contribution is -1.93. The van der Waals surface area contributed by atoms with E-state index in [1.165, 1.54) is 16.7 Å². The van der Waals surface area contributed by atoms with Gasteiger partial charge in [0.05, 0.1) is 0 Å². The van der Waals surface area contributed by atoms with E-state index in [1.54, 1.807) is 0 Å². The van der Waals surface area contributed by atoms with Crippen LogP contribution in [-0.2, 0) is 6.42 Å². The number of benzene rings is 2. The van der Waals surface area contributed by atoms with Gasteiger partial charge < -0.3 is 0 Å². The molecule has 0 aliphatic carbocycles. The highest BCUT2D eigenvalue weighted by molar-refractivity contribution is 5.78. The van der Waals surface area contributed by atoms with E-state index in [0.717, 1.165) is 24.0 Å². The Labute approximate surface area is 116 Å². The topological polar surface area (TPSA) is 0 Å². The van der Waals surface area contributed by atoms with E-state index < -0.39 is 0 Å². The Kier molecular flexibility index (Phi) is 4.35. The van der Waals surface area contributed by atoms with E-state index in [9.17, 15) is 0 Å². The Morgan fingerprint density at radius 2 is 1.53 bits per heavy atom. The summed E-state index contributed by atoms with van der Waals surface area (Å²) in [6.45, 7) is 10.5. The van der Waals surface area contributed by atoms with Crippen molar-refractivity contribution in [1.29, 1.82) is 0 Å². The molecule has 0 unspecified atom stereocenters. The Hall–Kier alpha value is -2.08. The molecule has 2 aromatic rings. The molecular formula is C19H20. The van der Waals surface area contributed by atoms with Gasteiger partial charge in [0, 0.05) is 0 Å². The summed E-state index contributed by atoms with van der Waals surface area (Å²) >= 11 is 0. The zero-order valence-corrected chi connectivity index (χ0v) is 11.5. The molecule has 96 valence electrons. The number of hydrogen-bond donors (Lipinski definition) is 0. The number of hydrogen-bond acceptors (Lipinski definition) is 0. The molecule has 0 aromatic heterocycles. The standard InChI is InChI=1S/C19H20/c1-15(13-14-18-10-5-4-6-11-18)17(3)19-12-8-7-9-16(19)2/h4-12H,1,3,13-14H2,2H3. The van der Waals surface area contributed by atoms with Gasteiger partial charge in [-0.25, -0.2) is 0 Å². The fourth-order valence-electron chi connectivity index (χ4n) is 2.19. The van der Waals surface area contributed by atoms with E-state index in [0.29, 0.717) is 0 Å². The molecular weight excluding hydrogens is 228 g/mol. The highest BCUT2D eigenvalue weighted by Crippen LogP contribution is 2.25. The van der Waals surface area contributed by atoms with Gasteiger partial charge in [-0.2, -0.15) is 0 Å². The molecule has 0 saturated carbocycles. The van der Waals surface area contributed by atoms with Crippen LogP contribution in [0.2, 0.25) is 0 Å². The van der Waals surface area contributed by atoms with E-state index in [-0.39, 0.29) is 0 Å². The molecule has 0 nitrogen and oxygen atoms in total. The molecule has 0 N–H and O–H groups in total. The van der Waals surface area contributed by atoms with Crippen molar-refractivity contribution in [2.45, 2.75) is 19.8 Å². The summed E-state index contributed by atoms with van der Waals surface area (Å²) in [6.07, 6.45) is 1.97. The summed E-state index contributed by atoms with van der Waals surface area (Å²) in [5, 5.41) is 0. The molecule has 2 rings (SSSR count). The highest BCUT2D eigenvalue weighted by Gasteiger charge is 2.06. The molecule has 0 radical (unpaired) electrons. The molecule has 0 amide bonds. The van der Waals surface area contributed by atoms with Gasteiger partial charge in [-0.05, 0) is 47.6 Å². The first-order valence-corrected chi connectivity index (χ1v) is 6.65. The summed E-state index contributed by atoms with van der Waals surface area (Å²) < 4.78 is 0. The first kappa shape index (κ1) is 13.4. The maximum Gasteiger partial charge on any atom is -0.0158 e. The van der Waals surface area contributed by atoms with Gasteiger partial charge >= 0.3 is 0 Å². The van der Waals surface area contributed by atoms with Crippen LogP contribution in [0.5, 0.6) is 0 Å². The Morgan fingerprint density at radius 1 is 0.895 bits per heavy atom. The lowest BCUT2D eigenvalue weighted by Gasteiger charge is -2.12. The maximum absolute atomic E-state index is 4.20. The molecule has 0 saturated heterocycles. The number of rotatable bonds is 5. The highest BCUT2D eigenvalue weighted by atomic mass is 14.1. The normalized spacial score (nSPS) is 10.2. The maximum atomic E-state index is 4.20. The minimum Gasteiger partial charge on any atom is -0.0952 e. The Bertz CT molecular complexity index is 576. The predicted molar refractivity (Wildman–Crippen MR) is 84.1 cm³/mol. The first-order chi connectivity index (χ1) is 9.18. The van der Waals surface area contributed by atoms with Gasteiger partial charge in [0.2, 0.25) is 0 Å². The molecule has 2 aromatic carbocycles. The minimum absolute atomic E-state index is 0.956. The average Bonchev–Trinajstić information content (AvgIpc) is 2.45. The summed E-state index contributed by atoms with van der Waals surface area (Å²) in [4.78, 5) is 0. The Morgan fingerprint density at radius 3 is 2.21 bits per heavy atom. The smallest absolute Gasteiger partial charge is 0.0158 e. The largest absolute Gasteiger partial charge is 0.0952 e. The number of aryl methyl sites for hydroxylation is 2.